The standard InChI is InChI=1S/C12H10BrFN2O/c13-7-1-2-11(15)9(5-7)12(17)8-3-4-16-6-10(8)14/h1-6,12,17H,15H2. The molecule has 1 aromatic heterocycles. The van der Waals surface area contributed by atoms with E-state index < -0.39 is 11.9 Å². The molecule has 1 atom stereocenters. The van der Waals surface area contributed by atoms with Crippen molar-refractivity contribution in [1.82, 2.24) is 4.98 Å². The third kappa shape index (κ3) is 2.45. The summed E-state index contributed by atoms with van der Waals surface area (Å²) in [5.41, 5.74) is 6.79. The van der Waals surface area contributed by atoms with Gasteiger partial charge in [-0.05, 0) is 24.3 Å². The first-order valence-electron chi connectivity index (χ1n) is 4.92. The van der Waals surface area contributed by atoms with Crippen LogP contribution < -0.4 is 5.73 Å². The molecule has 0 amide bonds. The molecule has 0 aliphatic rings. The highest BCUT2D eigenvalue weighted by Gasteiger charge is 2.17. The van der Waals surface area contributed by atoms with Crippen LogP contribution in [0.25, 0.3) is 0 Å². The third-order valence-corrected chi connectivity index (χ3v) is 2.94. The Morgan fingerprint density at radius 2 is 2.06 bits per heavy atom. The lowest BCUT2D eigenvalue weighted by Gasteiger charge is -2.14. The predicted octanol–water partition coefficient (Wildman–Crippen LogP) is 2.65. The largest absolute Gasteiger partial charge is 0.398 e. The molecule has 0 aliphatic carbocycles. The van der Waals surface area contributed by atoms with Gasteiger partial charge in [0.05, 0.1) is 6.20 Å². The lowest BCUT2D eigenvalue weighted by molar-refractivity contribution is 0.215. The topological polar surface area (TPSA) is 59.1 Å². The van der Waals surface area contributed by atoms with Gasteiger partial charge in [0.2, 0.25) is 0 Å². The number of aromatic nitrogens is 1. The lowest BCUT2D eigenvalue weighted by atomic mass is 10.0. The summed E-state index contributed by atoms with van der Waals surface area (Å²) in [5, 5.41) is 10.1. The third-order valence-electron chi connectivity index (χ3n) is 2.44. The molecule has 0 saturated heterocycles. The second-order valence-electron chi connectivity index (χ2n) is 3.57. The Morgan fingerprint density at radius 1 is 1.29 bits per heavy atom. The van der Waals surface area contributed by atoms with Gasteiger partial charge in [0, 0.05) is 27.5 Å². The fraction of sp³-hybridized carbons (Fsp3) is 0.0833. The molecule has 1 unspecified atom stereocenters. The molecule has 2 rings (SSSR count). The molecule has 3 nitrogen and oxygen atoms in total. The number of pyridine rings is 1. The van der Waals surface area contributed by atoms with Crippen LogP contribution in [0.5, 0.6) is 0 Å². The van der Waals surface area contributed by atoms with E-state index in [2.05, 4.69) is 20.9 Å². The summed E-state index contributed by atoms with van der Waals surface area (Å²) in [5.74, 6) is -0.556. The fourth-order valence-corrected chi connectivity index (χ4v) is 1.94. The Bertz CT molecular complexity index is 548. The highest BCUT2D eigenvalue weighted by atomic mass is 79.9. The zero-order chi connectivity index (χ0) is 12.4. The fourth-order valence-electron chi connectivity index (χ4n) is 1.56. The monoisotopic (exact) mass is 296 g/mol. The highest BCUT2D eigenvalue weighted by Crippen LogP contribution is 2.30. The van der Waals surface area contributed by atoms with Crippen LogP contribution >= 0.6 is 15.9 Å². The quantitative estimate of drug-likeness (QED) is 0.838. The molecular weight excluding hydrogens is 287 g/mol. The van der Waals surface area contributed by atoms with E-state index in [1.54, 1.807) is 18.2 Å². The van der Waals surface area contributed by atoms with Crippen molar-refractivity contribution in [3.63, 3.8) is 0 Å². The molecule has 17 heavy (non-hydrogen) atoms. The molecule has 0 bridgehead atoms. The van der Waals surface area contributed by atoms with Gasteiger partial charge in [-0.2, -0.15) is 0 Å². The zero-order valence-electron chi connectivity index (χ0n) is 8.77. The van der Waals surface area contributed by atoms with Crippen molar-refractivity contribution in [3.8, 4) is 0 Å². The van der Waals surface area contributed by atoms with Gasteiger partial charge in [-0.1, -0.05) is 15.9 Å². The first kappa shape index (κ1) is 12.0. The molecule has 0 aliphatic heterocycles. The van der Waals surface area contributed by atoms with Crippen molar-refractivity contribution in [3.05, 3.63) is 58.1 Å². The summed E-state index contributed by atoms with van der Waals surface area (Å²) in [6.07, 6.45) is 1.39. The molecular formula is C12H10BrFN2O. The van der Waals surface area contributed by atoms with Crippen LogP contribution in [0.2, 0.25) is 0 Å². The van der Waals surface area contributed by atoms with Gasteiger partial charge in [-0.3, -0.25) is 4.98 Å². The van der Waals surface area contributed by atoms with E-state index >= 15 is 0 Å². The molecule has 0 saturated carbocycles. The zero-order valence-corrected chi connectivity index (χ0v) is 10.4. The Kier molecular flexibility index (Phi) is 3.40. The van der Waals surface area contributed by atoms with E-state index in [1.165, 1.54) is 12.3 Å². The average Bonchev–Trinajstić information content (AvgIpc) is 2.32. The van der Waals surface area contributed by atoms with Crippen LogP contribution in [0, 0.1) is 5.82 Å². The molecule has 0 spiro atoms. The number of benzene rings is 1. The number of halogens is 2. The Morgan fingerprint density at radius 3 is 2.76 bits per heavy atom. The number of anilines is 1. The van der Waals surface area contributed by atoms with Gasteiger partial charge >= 0.3 is 0 Å². The van der Waals surface area contributed by atoms with Crippen LogP contribution in [0.1, 0.15) is 17.2 Å². The van der Waals surface area contributed by atoms with Crippen molar-refractivity contribution in [2.45, 2.75) is 6.10 Å². The first-order chi connectivity index (χ1) is 8.09. The minimum Gasteiger partial charge on any atom is -0.398 e. The number of aliphatic hydroxyl groups excluding tert-OH is 1. The van der Waals surface area contributed by atoms with E-state index in [4.69, 9.17) is 5.73 Å². The molecule has 0 radical (unpaired) electrons. The molecule has 88 valence electrons. The van der Waals surface area contributed by atoms with Gasteiger partial charge in [0.25, 0.3) is 0 Å². The smallest absolute Gasteiger partial charge is 0.147 e. The Hall–Kier alpha value is -1.46. The maximum Gasteiger partial charge on any atom is 0.147 e. The molecule has 2 aromatic rings. The second kappa shape index (κ2) is 4.81. The van der Waals surface area contributed by atoms with E-state index in [-0.39, 0.29) is 5.56 Å². The van der Waals surface area contributed by atoms with Crippen LogP contribution in [0.3, 0.4) is 0 Å². The summed E-state index contributed by atoms with van der Waals surface area (Å²) in [7, 11) is 0. The van der Waals surface area contributed by atoms with Gasteiger partial charge in [-0.25, -0.2) is 4.39 Å². The molecule has 1 aromatic carbocycles. The van der Waals surface area contributed by atoms with Crippen molar-refractivity contribution < 1.29 is 9.50 Å². The highest BCUT2D eigenvalue weighted by molar-refractivity contribution is 9.10. The van der Waals surface area contributed by atoms with Gasteiger partial charge in [0.1, 0.15) is 11.9 Å². The summed E-state index contributed by atoms with van der Waals surface area (Å²) in [4.78, 5) is 3.63. The predicted molar refractivity (Wildman–Crippen MR) is 66.8 cm³/mol. The molecule has 1 heterocycles. The number of rotatable bonds is 2. The number of nitrogen functional groups attached to an aromatic ring is 1. The van der Waals surface area contributed by atoms with E-state index in [9.17, 15) is 9.50 Å². The van der Waals surface area contributed by atoms with Crippen LogP contribution in [-0.4, -0.2) is 10.1 Å². The van der Waals surface area contributed by atoms with Crippen molar-refractivity contribution in [2.24, 2.45) is 0 Å². The Balaban J connectivity index is 2.47. The van der Waals surface area contributed by atoms with Crippen LogP contribution in [-0.2, 0) is 0 Å². The van der Waals surface area contributed by atoms with E-state index in [1.807, 2.05) is 0 Å². The van der Waals surface area contributed by atoms with Gasteiger partial charge in [-0.15, -0.1) is 0 Å². The number of nitrogens with two attached hydrogens (primary N) is 1. The normalized spacial score (nSPS) is 12.4. The van der Waals surface area contributed by atoms with E-state index in [0.717, 1.165) is 10.7 Å². The Labute approximate surface area is 106 Å². The number of hydrogen-bond donors (Lipinski definition) is 2. The minimum absolute atomic E-state index is 0.157. The number of nitrogens with zero attached hydrogens (tertiary/aromatic N) is 1. The molecule has 0 fully saturated rings. The number of hydrogen-bond acceptors (Lipinski definition) is 3. The van der Waals surface area contributed by atoms with Crippen molar-refractivity contribution in [2.75, 3.05) is 5.73 Å². The maximum atomic E-state index is 13.5. The summed E-state index contributed by atoms with van der Waals surface area (Å²) in [6.45, 7) is 0. The van der Waals surface area contributed by atoms with Crippen LogP contribution in [0.15, 0.2) is 41.1 Å². The summed E-state index contributed by atoms with van der Waals surface area (Å²) >= 11 is 3.28. The van der Waals surface area contributed by atoms with Crippen LogP contribution in [0.4, 0.5) is 10.1 Å². The first-order valence-corrected chi connectivity index (χ1v) is 5.71. The maximum absolute atomic E-state index is 13.5. The van der Waals surface area contributed by atoms with Crippen molar-refractivity contribution in [1.29, 1.82) is 0 Å². The second-order valence-corrected chi connectivity index (χ2v) is 4.49. The molecule has 5 heteroatoms. The van der Waals surface area contributed by atoms with Crippen molar-refractivity contribution >= 4 is 21.6 Å². The SMILES string of the molecule is Nc1ccc(Br)cc1C(O)c1ccncc1F. The minimum atomic E-state index is -1.10. The summed E-state index contributed by atoms with van der Waals surface area (Å²) in [6, 6.07) is 6.51. The lowest BCUT2D eigenvalue weighted by Crippen LogP contribution is -2.06. The summed E-state index contributed by atoms with van der Waals surface area (Å²) < 4.78 is 14.3. The molecule has 3 N–H and O–H groups in total. The van der Waals surface area contributed by atoms with Gasteiger partial charge in [0.15, 0.2) is 0 Å². The average molecular weight is 297 g/mol. The van der Waals surface area contributed by atoms with E-state index in [0.29, 0.717) is 11.3 Å². The van der Waals surface area contributed by atoms with Gasteiger partial charge < -0.3 is 10.8 Å². The number of aliphatic hydroxyl groups is 1.